The maximum atomic E-state index is 14.5. The number of carboxylic acids is 1. The Morgan fingerprint density at radius 3 is 2.06 bits per heavy atom. The van der Waals surface area contributed by atoms with Gasteiger partial charge in [-0.25, -0.2) is 0 Å². The van der Waals surface area contributed by atoms with Crippen LogP contribution in [0.4, 0.5) is 32.0 Å². The van der Waals surface area contributed by atoms with Gasteiger partial charge in [-0.1, -0.05) is 55.8 Å². The van der Waals surface area contributed by atoms with Crippen molar-refractivity contribution in [3.8, 4) is 22.3 Å². The van der Waals surface area contributed by atoms with Crippen LogP contribution in [0.5, 0.6) is 0 Å². The standard InChI is InChI=1S/C35H31ClF6N2O3/c1-19(2)23-15-24(18-44-26-9-11-28(30(36)17-26)27-10-8-25(14-20(27)3)34(37,38)39)32(29(16-23)35(40,41)42)21-4-6-22(7-5-21)33(47)43-13-12-31(45)46/h4-11,14-17,19,44H,12-13,18H2,1-3H3,(H,43,47)(H,45,46). The lowest BCUT2D eigenvalue weighted by Gasteiger charge is -2.22. The van der Waals surface area contributed by atoms with E-state index < -0.39 is 35.4 Å². The Bertz CT molecular complexity index is 1780. The SMILES string of the molecule is Cc1cc(C(F)(F)F)ccc1-c1ccc(NCc2cc(C(C)C)cc(C(F)(F)F)c2-c2ccc(C(=O)NCCC(=O)O)cc2)cc1Cl. The van der Waals surface area contributed by atoms with Crippen LogP contribution in [0.2, 0.25) is 5.02 Å². The number of aryl methyl sites for hydroxylation is 1. The van der Waals surface area contributed by atoms with Gasteiger partial charge in [0.05, 0.1) is 22.6 Å². The van der Waals surface area contributed by atoms with E-state index in [2.05, 4.69) is 10.6 Å². The second-order valence-corrected chi connectivity index (χ2v) is 11.7. The van der Waals surface area contributed by atoms with Crippen molar-refractivity contribution in [3.05, 3.63) is 111 Å². The first-order valence-corrected chi connectivity index (χ1v) is 14.9. The van der Waals surface area contributed by atoms with Gasteiger partial charge in [0.2, 0.25) is 0 Å². The normalized spacial score (nSPS) is 11.9. The van der Waals surface area contributed by atoms with Crippen molar-refractivity contribution in [3.63, 3.8) is 0 Å². The molecule has 3 N–H and O–H groups in total. The van der Waals surface area contributed by atoms with E-state index in [0.29, 0.717) is 33.5 Å². The number of alkyl halides is 6. The van der Waals surface area contributed by atoms with Gasteiger partial charge in [-0.3, -0.25) is 9.59 Å². The smallest absolute Gasteiger partial charge is 0.417 e. The lowest BCUT2D eigenvalue weighted by molar-refractivity contribution is -0.138. The molecule has 0 heterocycles. The highest BCUT2D eigenvalue weighted by atomic mass is 35.5. The lowest BCUT2D eigenvalue weighted by atomic mass is 9.88. The minimum atomic E-state index is -4.70. The Kier molecular flexibility index (Phi) is 10.6. The molecule has 1 amide bonds. The van der Waals surface area contributed by atoms with Gasteiger partial charge in [0.1, 0.15) is 0 Å². The number of hydrogen-bond donors (Lipinski definition) is 3. The predicted octanol–water partition coefficient (Wildman–Crippen LogP) is 9.96. The van der Waals surface area contributed by atoms with Gasteiger partial charge in [-0.05, 0) is 88.7 Å². The molecule has 47 heavy (non-hydrogen) atoms. The fourth-order valence-corrected chi connectivity index (χ4v) is 5.40. The molecule has 0 aliphatic rings. The fraction of sp³-hybridized carbons (Fsp3) is 0.257. The largest absolute Gasteiger partial charge is 0.481 e. The summed E-state index contributed by atoms with van der Waals surface area (Å²) in [6.45, 7) is 4.98. The Labute approximate surface area is 272 Å². The minimum Gasteiger partial charge on any atom is -0.481 e. The molecule has 0 fully saturated rings. The maximum absolute atomic E-state index is 14.5. The number of halogens is 7. The van der Waals surface area contributed by atoms with Crippen molar-refractivity contribution < 1.29 is 41.0 Å². The average molecular weight is 677 g/mol. The number of aliphatic carboxylic acids is 1. The summed E-state index contributed by atoms with van der Waals surface area (Å²) in [5, 5.41) is 14.6. The van der Waals surface area contributed by atoms with E-state index in [1.54, 1.807) is 45.0 Å². The molecule has 0 aromatic heterocycles. The number of carbonyl (C=O) groups excluding carboxylic acids is 1. The van der Waals surface area contributed by atoms with E-state index in [1.807, 2.05) is 0 Å². The zero-order valence-electron chi connectivity index (χ0n) is 25.5. The van der Waals surface area contributed by atoms with Gasteiger partial charge in [0.15, 0.2) is 0 Å². The summed E-state index contributed by atoms with van der Waals surface area (Å²) in [7, 11) is 0. The number of nitrogens with one attached hydrogen (secondary N) is 2. The van der Waals surface area contributed by atoms with Crippen molar-refractivity contribution in [2.45, 2.75) is 52.0 Å². The number of benzene rings is 4. The monoisotopic (exact) mass is 676 g/mol. The second kappa shape index (κ2) is 14.1. The lowest BCUT2D eigenvalue weighted by Crippen LogP contribution is -2.25. The molecule has 0 atom stereocenters. The van der Waals surface area contributed by atoms with Crippen LogP contribution in [0, 0.1) is 6.92 Å². The van der Waals surface area contributed by atoms with Crippen LogP contribution in [0.1, 0.15) is 64.4 Å². The van der Waals surface area contributed by atoms with Crippen LogP contribution >= 0.6 is 11.6 Å². The van der Waals surface area contributed by atoms with E-state index in [9.17, 15) is 35.9 Å². The van der Waals surface area contributed by atoms with Crippen molar-refractivity contribution in [1.82, 2.24) is 5.32 Å². The molecular formula is C35H31ClF6N2O3. The van der Waals surface area contributed by atoms with Crippen molar-refractivity contribution in [1.29, 1.82) is 0 Å². The first-order chi connectivity index (χ1) is 22.0. The quantitative estimate of drug-likeness (QED) is 0.146. The van der Waals surface area contributed by atoms with Gasteiger partial charge >= 0.3 is 18.3 Å². The molecule has 0 unspecified atom stereocenters. The number of amides is 1. The highest BCUT2D eigenvalue weighted by Gasteiger charge is 2.36. The Hall–Kier alpha value is -4.51. The van der Waals surface area contributed by atoms with Crippen LogP contribution in [-0.4, -0.2) is 23.5 Å². The van der Waals surface area contributed by atoms with Crippen molar-refractivity contribution in [2.75, 3.05) is 11.9 Å². The summed E-state index contributed by atoms with van der Waals surface area (Å²) >= 11 is 6.54. The molecule has 248 valence electrons. The molecular weight excluding hydrogens is 646 g/mol. The van der Waals surface area contributed by atoms with Crippen LogP contribution in [0.15, 0.2) is 72.8 Å². The van der Waals surface area contributed by atoms with Crippen molar-refractivity contribution >= 4 is 29.2 Å². The van der Waals surface area contributed by atoms with E-state index in [1.165, 1.54) is 30.3 Å². The summed E-state index contributed by atoms with van der Waals surface area (Å²) in [5.74, 6) is -1.86. The Balaban J connectivity index is 1.67. The van der Waals surface area contributed by atoms with E-state index >= 15 is 0 Å². The maximum Gasteiger partial charge on any atom is 0.417 e. The first kappa shape index (κ1) is 35.3. The van der Waals surface area contributed by atoms with Crippen molar-refractivity contribution in [2.24, 2.45) is 0 Å². The Morgan fingerprint density at radius 1 is 0.851 bits per heavy atom. The highest BCUT2D eigenvalue weighted by Crippen LogP contribution is 2.42. The zero-order chi connectivity index (χ0) is 34.7. The molecule has 4 aromatic rings. The molecule has 0 aliphatic heterocycles. The molecule has 0 radical (unpaired) electrons. The molecule has 4 aromatic carbocycles. The number of rotatable bonds is 10. The molecule has 0 saturated carbocycles. The third-order valence-electron chi connectivity index (χ3n) is 7.57. The number of hydrogen-bond acceptors (Lipinski definition) is 3. The molecule has 0 aliphatic carbocycles. The van der Waals surface area contributed by atoms with Gasteiger partial charge < -0.3 is 15.7 Å². The summed E-state index contributed by atoms with van der Waals surface area (Å²) in [4.78, 5) is 23.1. The van der Waals surface area contributed by atoms with Crippen LogP contribution in [0.3, 0.4) is 0 Å². The number of anilines is 1. The second-order valence-electron chi connectivity index (χ2n) is 11.3. The highest BCUT2D eigenvalue weighted by molar-refractivity contribution is 6.33. The predicted molar refractivity (Wildman–Crippen MR) is 170 cm³/mol. The Morgan fingerprint density at radius 2 is 1.51 bits per heavy atom. The molecule has 0 bridgehead atoms. The summed E-state index contributed by atoms with van der Waals surface area (Å²) in [6, 6.07) is 16.6. The van der Waals surface area contributed by atoms with Crippen LogP contribution < -0.4 is 10.6 Å². The third kappa shape index (κ3) is 8.65. The summed E-state index contributed by atoms with van der Waals surface area (Å²) in [6.07, 6.45) is -9.47. The van der Waals surface area contributed by atoms with E-state index in [4.69, 9.17) is 16.7 Å². The van der Waals surface area contributed by atoms with Crippen LogP contribution in [-0.2, 0) is 23.7 Å². The summed E-state index contributed by atoms with van der Waals surface area (Å²) in [5.41, 5.74) is 1.35. The fourth-order valence-electron chi connectivity index (χ4n) is 5.12. The van der Waals surface area contributed by atoms with Gasteiger partial charge in [0.25, 0.3) is 5.91 Å². The average Bonchev–Trinajstić information content (AvgIpc) is 2.98. The third-order valence-corrected chi connectivity index (χ3v) is 7.88. The molecule has 0 saturated heterocycles. The topological polar surface area (TPSA) is 78.4 Å². The van der Waals surface area contributed by atoms with Gasteiger partial charge in [-0.2, -0.15) is 26.3 Å². The molecule has 12 heteroatoms. The molecule has 0 spiro atoms. The number of carbonyl (C=O) groups is 2. The molecule has 5 nitrogen and oxygen atoms in total. The molecule has 4 rings (SSSR count). The van der Waals surface area contributed by atoms with E-state index in [-0.39, 0.29) is 47.1 Å². The minimum absolute atomic E-state index is 0.0363. The van der Waals surface area contributed by atoms with Gasteiger partial charge in [0, 0.05) is 29.9 Å². The summed E-state index contributed by atoms with van der Waals surface area (Å²) < 4.78 is 82.9. The number of carboxylic acid groups (broad SMARTS) is 1. The first-order valence-electron chi connectivity index (χ1n) is 14.5. The zero-order valence-corrected chi connectivity index (χ0v) is 26.3. The van der Waals surface area contributed by atoms with E-state index in [0.717, 1.165) is 18.2 Å². The van der Waals surface area contributed by atoms with Gasteiger partial charge in [-0.15, -0.1) is 0 Å². The van der Waals surface area contributed by atoms with Crippen LogP contribution in [0.25, 0.3) is 22.3 Å².